The summed E-state index contributed by atoms with van der Waals surface area (Å²) in [4.78, 5) is 12.0. The van der Waals surface area contributed by atoms with Gasteiger partial charge in [0.05, 0.1) is 0 Å². The van der Waals surface area contributed by atoms with Gasteiger partial charge in [-0.3, -0.25) is 0 Å². The molecule has 0 bridgehead atoms. The predicted octanol–water partition coefficient (Wildman–Crippen LogP) is 4.88. The Bertz CT molecular complexity index is 516. The molecule has 21 heavy (non-hydrogen) atoms. The third-order valence-corrected chi connectivity index (χ3v) is 3.36. The summed E-state index contributed by atoms with van der Waals surface area (Å²) in [6.07, 6.45) is -0.665. The SMILES string of the molecule is Cc1cc(OC(C)C(=O)OC(C)(C)C)c(C(C)C)cc1Cl. The molecule has 0 aliphatic carbocycles. The number of carbonyl (C=O) groups is 1. The molecule has 0 fully saturated rings. The van der Waals surface area contributed by atoms with Crippen molar-refractivity contribution in [1.29, 1.82) is 0 Å². The quantitative estimate of drug-likeness (QED) is 0.743. The summed E-state index contributed by atoms with van der Waals surface area (Å²) < 4.78 is 11.2. The molecule has 0 aliphatic heterocycles. The van der Waals surface area contributed by atoms with Crippen molar-refractivity contribution < 1.29 is 14.3 Å². The lowest BCUT2D eigenvalue weighted by molar-refractivity contribution is -0.162. The zero-order valence-electron chi connectivity index (χ0n) is 13.9. The van der Waals surface area contributed by atoms with Crippen LogP contribution in [-0.4, -0.2) is 17.7 Å². The molecule has 1 atom stereocenters. The Morgan fingerprint density at radius 1 is 1.19 bits per heavy atom. The van der Waals surface area contributed by atoms with Crippen molar-refractivity contribution in [3.63, 3.8) is 0 Å². The zero-order chi connectivity index (χ0) is 16.4. The van der Waals surface area contributed by atoms with E-state index in [9.17, 15) is 4.79 Å². The van der Waals surface area contributed by atoms with Crippen molar-refractivity contribution in [2.75, 3.05) is 0 Å². The van der Waals surface area contributed by atoms with Crippen molar-refractivity contribution in [2.24, 2.45) is 0 Å². The van der Waals surface area contributed by atoms with Gasteiger partial charge in [-0.2, -0.15) is 0 Å². The first-order valence-corrected chi connectivity index (χ1v) is 7.58. The first kappa shape index (κ1) is 17.8. The van der Waals surface area contributed by atoms with Crippen molar-refractivity contribution in [1.82, 2.24) is 0 Å². The lowest BCUT2D eigenvalue weighted by atomic mass is 10.0. The van der Waals surface area contributed by atoms with Crippen LogP contribution in [0.5, 0.6) is 5.75 Å². The van der Waals surface area contributed by atoms with Crippen LogP contribution in [0.3, 0.4) is 0 Å². The second-order valence-electron chi connectivity index (χ2n) is 6.59. The van der Waals surface area contributed by atoms with Gasteiger partial charge in [-0.05, 0) is 63.8 Å². The van der Waals surface area contributed by atoms with Gasteiger partial charge in [0, 0.05) is 5.02 Å². The molecule has 0 radical (unpaired) electrons. The maximum atomic E-state index is 12.0. The summed E-state index contributed by atoms with van der Waals surface area (Å²) in [7, 11) is 0. The minimum Gasteiger partial charge on any atom is -0.479 e. The van der Waals surface area contributed by atoms with Gasteiger partial charge < -0.3 is 9.47 Å². The van der Waals surface area contributed by atoms with Crippen molar-refractivity contribution in [3.8, 4) is 5.75 Å². The molecular weight excluding hydrogens is 288 g/mol. The van der Waals surface area contributed by atoms with Crippen molar-refractivity contribution in [2.45, 2.75) is 66.1 Å². The predicted molar refractivity (Wildman–Crippen MR) is 86.2 cm³/mol. The summed E-state index contributed by atoms with van der Waals surface area (Å²) in [5, 5.41) is 0.705. The van der Waals surface area contributed by atoms with Crippen LogP contribution in [0.15, 0.2) is 12.1 Å². The van der Waals surface area contributed by atoms with E-state index in [1.54, 1.807) is 6.92 Å². The molecule has 118 valence electrons. The number of ether oxygens (including phenoxy) is 2. The molecule has 0 N–H and O–H groups in total. The molecule has 0 saturated heterocycles. The highest BCUT2D eigenvalue weighted by Gasteiger charge is 2.24. The number of rotatable bonds is 4. The molecule has 1 unspecified atom stereocenters. The van der Waals surface area contributed by atoms with E-state index in [2.05, 4.69) is 13.8 Å². The minimum absolute atomic E-state index is 0.254. The number of esters is 1. The molecule has 3 nitrogen and oxygen atoms in total. The third kappa shape index (κ3) is 5.24. The van der Waals surface area contributed by atoms with Crippen molar-refractivity contribution in [3.05, 3.63) is 28.3 Å². The number of aryl methyl sites for hydroxylation is 1. The maximum absolute atomic E-state index is 12.0. The van der Waals surface area contributed by atoms with Crippen LogP contribution in [0.1, 0.15) is 58.6 Å². The fourth-order valence-corrected chi connectivity index (χ4v) is 2.02. The summed E-state index contributed by atoms with van der Waals surface area (Å²) in [6, 6.07) is 3.78. The number of hydrogen-bond donors (Lipinski definition) is 0. The monoisotopic (exact) mass is 312 g/mol. The van der Waals surface area contributed by atoms with Gasteiger partial charge in [-0.1, -0.05) is 25.4 Å². The van der Waals surface area contributed by atoms with E-state index in [4.69, 9.17) is 21.1 Å². The molecule has 0 aliphatic rings. The topological polar surface area (TPSA) is 35.5 Å². The second kappa shape index (κ2) is 6.69. The van der Waals surface area contributed by atoms with E-state index in [-0.39, 0.29) is 11.9 Å². The molecule has 1 aromatic rings. The second-order valence-corrected chi connectivity index (χ2v) is 6.99. The van der Waals surface area contributed by atoms with Crippen LogP contribution in [0.25, 0.3) is 0 Å². The lowest BCUT2D eigenvalue weighted by Crippen LogP contribution is -2.33. The first-order valence-electron chi connectivity index (χ1n) is 7.21. The average molecular weight is 313 g/mol. The van der Waals surface area contributed by atoms with E-state index in [0.29, 0.717) is 10.8 Å². The summed E-state index contributed by atoms with van der Waals surface area (Å²) in [5.74, 6) is 0.569. The number of hydrogen-bond acceptors (Lipinski definition) is 3. The molecule has 0 heterocycles. The van der Waals surface area contributed by atoms with Gasteiger partial charge in [-0.25, -0.2) is 4.79 Å². The van der Waals surface area contributed by atoms with Crippen LogP contribution >= 0.6 is 11.6 Å². The number of carbonyl (C=O) groups excluding carboxylic acids is 1. The molecule has 4 heteroatoms. The highest BCUT2D eigenvalue weighted by molar-refractivity contribution is 6.31. The number of halogens is 1. The Labute approximate surface area is 132 Å². The fourth-order valence-electron chi connectivity index (χ4n) is 1.85. The van der Waals surface area contributed by atoms with Gasteiger partial charge in [0.2, 0.25) is 0 Å². The van der Waals surface area contributed by atoms with E-state index in [1.165, 1.54) is 0 Å². The lowest BCUT2D eigenvalue weighted by Gasteiger charge is -2.24. The number of benzene rings is 1. The Kier molecular flexibility index (Phi) is 5.68. The van der Waals surface area contributed by atoms with Gasteiger partial charge in [-0.15, -0.1) is 0 Å². The van der Waals surface area contributed by atoms with Gasteiger partial charge >= 0.3 is 5.97 Å². The van der Waals surface area contributed by atoms with Crippen LogP contribution in [0, 0.1) is 6.92 Å². The summed E-state index contributed by atoms with van der Waals surface area (Å²) in [5.41, 5.74) is 1.39. The van der Waals surface area contributed by atoms with Gasteiger partial charge in [0.1, 0.15) is 11.4 Å². The Morgan fingerprint density at radius 3 is 2.24 bits per heavy atom. The van der Waals surface area contributed by atoms with E-state index < -0.39 is 11.7 Å². The van der Waals surface area contributed by atoms with E-state index in [0.717, 1.165) is 11.1 Å². The highest BCUT2D eigenvalue weighted by Crippen LogP contribution is 2.32. The zero-order valence-corrected chi connectivity index (χ0v) is 14.7. The highest BCUT2D eigenvalue weighted by atomic mass is 35.5. The van der Waals surface area contributed by atoms with Crippen LogP contribution in [0.2, 0.25) is 5.02 Å². The van der Waals surface area contributed by atoms with Gasteiger partial charge in [0.25, 0.3) is 0 Å². The Balaban J connectivity index is 2.96. The van der Waals surface area contributed by atoms with Crippen LogP contribution in [-0.2, 0) is 9.53 Å². The molecular formula is C17H25ClO3. The Hall–Kier alpha value is -1.22. The Morgan fingerprint density at radius 2 is 1.76 bits per heavy atom. The largest absolute Gasteiger partial charge is 0.479 e. The normalized spacial score (nSPS) is 13.2. The van der Waals surface area contributed by atoms with E-state index >= 15 is 0 Å². The molecule has 0 amide bonds. The third-order valence-electron chi connectivity index (χ3n) is 2.96. The van der Waals surface area contributed by atoms with Gasteiger partial charge in [0.15, 0.2) is 6.10 Å². The first-order chi connectivity index (χ1) is 9.51. The molecule has 0 spiro atoms. The van der Waals surface area contributed by atoms with Crippen LogP contribution < -0.4 is 4.74 Å². The molecule has 1 aromatic carbocycles. The average Bonchev–Trinajstić information content (AvgIpc) is 2.30. The fraction of sp³-hybridized carbons (Fsp3) is 0.588. The van der Waals surface area contributed by atoms with Crippen molar-refractivity contribution >= 4 is 17.6 Å². The maximum Gasteiger partial charge on any atom is 0.347 e. The van der Waals surface area contributed by atoms with Crippen LogP contribution in [0.4, 0.5) is 0 Å². The molecule has 0 aromatic heterocycles. The smallest absolute Gasteiger partial charge is 0.347 e. The van der Waals surface area contributed by atoms with E-state index in [1.807, 2.05) is 39.8 Å². The standard InChI is InChI=1S/C17H25ClO3/c1-10(2)13-9-14(18)11(3)8-15(13)20-12(4)16(19)21-17(5,6)7/h8-10,12H,1-7H3. The molecule has 1 rings (SSSR count). The summed E-state index contributed by atoms with van der Waals surface area (Å²) >= 11 is 6.17. The minimum atomic E-state index is -0.665. The molecule has 0 saturated carbocycles. The summed E-state index contributed by atoms with van der Waals surface area (Å²) in [6.45, 7) is 13.2.